The summed E-state index contributed by atoms with van der Waals surface area (Å²) in [5.74, 6) is -7.28. The number of fused-ring (bicyclic) bond motifs is 1. The first kappa shape index (κ1) is 60.3. The highest BCUT2D eigenvalue weighted by molar-refractivity contribution is 8.77. The second-order valence-corrected chi connectivity index (χ2v) is 22.2. The number of nitrogens with one attached hydrogen (secondary N) is 10. The molecule has 2 aromatic carbocycles. The lowest BCUT2D eigenvalue weighted by Gasteiger charge is -2.33. The van der Waals surface area contributed by atoms with Gasteiger partial charge in [0.25, 0.3) is 0 Å². The number of aliphatic imine (C=N–C) groups is 1. The van der Waals surface area contributed by atoms with E-state index in [1.807, 2.05) is 31.2 Å². The Kier molecular flexibility index (Phi) is 22.7. The number of imidazole rings is 1. The van der Waals surface area contributed by atoms with Crippen molar-refractivity contribution in [1.82, 2.24) is 57.5 Å². The highest BCUT2D eigenvalue weighted by Crippen LogP contribution is 2.38. The summed E-state index contributed by atoms with van der Waals surface area (Å²) in [7, 11) is 2.12. The van der Waals surface area contributed by atoms with E-state index in [9.17, 15) is 43.2 Å². The predicted octanol–water partition coefficient (Wildman–Crippen LogP) is -0.260. The summed E-state index contributed by atoms with van der Waals surface area (Å²) < 4.78 is -1.24. The van der Waals surface area contributed by atoms with Crippen molar-refractivity contribution in [2.24, 2.45) is 22.2 Å². The maximum atomic E-state index is 14.7. The molecule has 1 aliphatic heterocycles. The number of primary amides is 1. The van der Waals surface area contributed by atoms with Gasteiger partial charge in [0.05, 0.1) is 6.33 Å². The van der Waals surface area contributed by atoms with Crippen LogP contribution in [0, 0.1) is 0 Å². The molecule has 416 valence electrons. The number of benzene rings is 2. The minimum absolute atomic E-state index is 0.0528. The van der Waals surface area contributed by atoms with Crippen LogP contribution in [-0.2, 0) is 62.4 Å². The van der Waals surface area contributed by atoms with E-state index in [0.29, 0.717) is 29.7 Å². The molecule has 77 heavy (non-hydrogen) atoms. The van der Waals surface area contributed by atoms with Crippen LogP contribution in [0.25, 0.3) is 10.9 Å². The number of hydrogen-bond acceptors (Lipinski definition) is 13. The lowest BCUT2D eigenvalue weighted by Crippen LogP contribution is -2.61. The third-order valence-electron chi connectivity index (χ3n) is 12.5. The van der Waals surface area contributed by atoms with Gasteiger partial charge in [-0.05, 0) is 57.2 Å². The topological polar surface area (TPSA) is 385 Å². The number of aromatic amines is 2. The van der Waals surface area contributed by atoms with Crippen molar-refractivity contribution in [3.05, 3.63) is 90.1 Å². The van der Waals surface area contributed by atoms with E-state index in [-0.39, 0.29) is 56.8 Å². The van der Waals surface area contributed by atoms with E-state index in [0.717, 1.165) is 32.5 Å². The van der Waals surface area contributed by atoms with Crippen LogP contribution in [0.2, 0.25) is 0 Å². The molecule has 2 aromatic heterocycles. The molecular formula is C51H71N15O9S2. The molecule has 0 radical (unpaired) electrons. The molecule has 0 aliphatic carbocycles. The van der Waals surface area contributed by atoms with Crippen molar-refractivity contribution in [2.45, 2.75) is 139 Å². The van der Waals surface area contributed by atoms with Crippen LogP contribution >= 0.6 is 21.6 Å². The van der Waals surface area contributed by atoms with Gasteiger partial charge in [0.15, 0.2) is 5.96 Å². The van der Waals surface area contributed by atoms with Crippen molar-refractivity contribution in [1.29, 1.82) is 0 Å². The zero-order valence-corrected chi connectivity index (χ0v) is 45.4. The van der Waals surface area contributed by atoms with Crippen molar-refractivity contribution in [3.63, 3.8) is 0 Å². The fourth-order valence-electron chi connectivity index (χ4n) is 8.39. The molecule has 0 spiro atoms. The molecule has 4 aromatic rings. The molecule has 0 saturated carbocycles. The molecular weight excluding hydrogens is 1030 g/mol. The maximum absolute atomic E-state index is 14.7. The first-order valence-corrected chi connectivity index (χ1v) is 27.6. The van der Waals surface area contributed by atoms with E-state index in [2.05, 4.69) is 62.5 Å². The van der Waals surface area contributed by atoms with Gasteiger partial charge in [-0.15, -0.1) is 0 Å². The summed E-state index contributed by atoms with van der Waals surface area (Å²) in [5.41, 5.74) is 19.7. The van der Waals surface area contributed by atoms with Gasteiger partial charge in [0.2, 0.25) is 53.2 Å². The highest BCUT2D eigenvalue weighted by Gasteiger charge is 2.40. The van der Waals surface area contributed by atoms with Crippen molar-refractivity contribution < 1.29 is 43.2 Å². The number of hydrogen-bond donors (Lipinski definition) is 13. The number of nitrogens with two attached hydrogens (primary N) is 3. The summed E-state index contributed by atoms with van der Waals surface area (Å²) >= 11 is 0. The molecule has 0 bridgehead atoms. The summed E-state index contributed by atoms with van der Waals surface area (Å²) in [4.78, 5) is 141. The second-order valence-electron chi connectivity index (χ2n) is 19.2. The zero-order chi connectivity index (χ0) is 56.2. The molecule has 26 heteroatoms. The average molecular weight is 1100 g/mol. The first-order valence-electron chi connectivity index (χ1n) is 25.3. The molecule has 24 nitrogen and oxygen atoms in total. The van der Waals surface area contributed by atoms with E-state index >= 15 is 0 Å². The third-order valence-corrected chi connectivity index (χ3v) is 15.8. The Morgan fingerprint density at radius 3 is 2.04 bits per heavy atom. The largest absolute Gasteiger partial charge is 0.370 e. The van der Waals surface area contributed by atoms with Crippen LogP contribution in [-0.4, -0.2) is 139 Å². The Morgan fingerprint density at radius 1 is 0.766 bits per heavy atom. The standard InChI is InChI=1S/C51H71N15O9S2/c1-6-7-17-35(60-29(3)67)44(70)65-40-26-76-77-51(4,5)41(42(52)68)66-48(74)38(22-31-24-57-34-18-12-11-16-33(31)34)64-45(71)36(19-13-20-56-50(53)54)61-46(72)37(21-30-14-9-8-10-15-30)63-47(73)39(23-32-25-55-27-58-32)62-43(69)28(2)59-49(40)75/h8-12,14-16,18,24-25,27-28,35-41,57H,6-7,13,17,19-23,26H2,1-5H3,(H2,52,68)(H,55,58)(H,59,75)(H,60,67)(H,61,72)(H,62,69)(H,63,73)(H,64,71)(H,65,70)(H,66,74)(H4,53,54,56)/t28-,35+,36+,37-,38+,39+,40+,41-/m1/s1. The van der Waals surface area contributed by atoms with Crippen molar-refractivity contribution >= 4 is 91.6 Å². The van der Waals surface area contributed by atoms with E-state index in [4.69, 9.17) is 17.2 Å². The molecule has 1 aliphatic rings. The van der Waals surface area contributed by atoms with Crippen LogP contribution < -0.4 is 59.7 Å². The maximum Gasteiger partial charge on any atom is 0.244 e. The van der Waals surface area contributed by atoms with Gasteiger partial charge in [0, 0.05) is 72.2 Å². The molecule has 8 atom stereocenters. The van der Waals surface area contributed by atoms with Crippen LogP contribution in [0.15, 0.2) is 78.3 Å². The monoisotopic (exact) mass is 1100 g/mol. The van der Waals surface area contributed by atoms with E-state index in [1.54, 1.807) is 50.4 Å². The summed E-state index contributed by atoms with van der Waals surface area (Å²) in [5, 5.41) is 22.5. The first-order chi connectivity index (χ1) is 36.6. The predicted molar refractivity (Wildman–Crippen MR) is 294 cm³/mol. The number of nitrogens with zero attached hydrogens (tertiary/aromatic N) is 2. The fourth-order valence-corrected chi connectivity index (χ4v) is 11.2. The average Bonchev–Trinajstić information content (AvgIpc) is 4.06. The lowest BCUT2D eigenvalue weighted by molar-refractivity contribution is -0.135. The number of guanidine groups is 1. The number of carbonyl (C=O) groups excluding carboxylic acids is 9. The van der Waals surface area contributed by atoms with Crippen LogP contribution in [0.1, 0.15) is 83.5 Å². The van der Waals surface area contributed by atoms with Crippen molar-refractivity contribution in [3.8, 4) is 0 Å². The molecule has 16 N–H and O–H groups in total. The molecule has 1 saturated heterocycles. The summed E-state index contributed by atoms with van der Waals surface area (Å²) in [6, 6.07) is 5.46. The minimum Gasteiger partial charge on any atom is -0.370 e. The Balaban J connectivity index is 1.60. The second kappa shape index (κ2) is 29.1. The van der Waals surface area contributed by atoms with Crippen LogP contribution in [0.5, 0.6) is 0 Å². The van der Waals surface area contributed by atoms with Crippen molar-refractivity contribution in [2.75, 3.05) is 12.3 Å². The SMILES string of the molecule is CCCC[C@H](NC(C)=O)C(=O)N[C@H]1CSSC(C)(C)[C@@H](C(N)=O)NC(=O)[C@H](Cc2c[nH]c3ccccc23)NC(=O)[C@H](CCCN=C(N)N)NC(=O)[C@@H](Cc2ccccc2)NC(=O)[C@H](Cc2cnc[nH]2)NC(=O)[C@@H](C)NC1=O. The van der Waals surface area contributed by atoms with Gasteiger partial charge in [0.1, 0.15) is 48.3 Å². The quantitative estimate of drug-likeness (QED) is 0.0281. The molecule has 1 fully saturated rings. The van der Waals surface area contributed by atoms with Crippen LogP contribution in [0.4, 0.5) is 0 Å². The third kappa shape index (κ3) is 18.6. The Hall–Kier alpha value is -7.61. The normalized spacial score (nSPS) is 22.6. The minimum atomic E-state index is -1.41. The van der Waals surface area contributed by atoms with E-state index < -0.39 is 106 Å². The van der Waals surface area contributed by atoms with E-state index in [1.165, 1.54) is 26.4 Å². The van der Waals surface area contributed by atoms with Gasteiger partial charge < -0.3 is 69.7 Å². The Labute approximate surface area is 454 Å². The Bertz CT molecular complexity index is 2720. The fraction of sp³-hybridized carbons (Fsp3) is 0.471. The Morgan fingerprint density at radius 2 is 1.39 bits per heavy atom. The molecule has 5 rings (SSSR count). The number of para-hydroxylation sites is 1. The number of aromatic nitrogens is 3. The lowest BCUT2D eigenvalue weighted by atomic mass is 9.99. The smallest absolute Gasteiger partial charge is 0.244 e. The summed E-state index contributed by atoms with van der Waals surface area (Å²) in [6.45, 7) is 7.89. The molecule has 3 heterocycles. The number of unbranched alkanes of at least 4 members (excludes halogenated alkanes) is 1. The number of carbonyl (C=O) groups is 9. The van der Waals surface area contributed by atoms with Gasteiger partial charge in [-0.2, -0.15) is 0 Å². The summed E-state index contributed by atoms with van der Waals surface area (Å²) in [6.07, 6.45) is 5.85. The number of H-pyrrole nitrogens is 2. The van der Waals surface area contributed by atoms with Gasteiger partial charge >= 0.3 is 0 Å². The zero-order valence-electron chi connectivity index (χ0n) is 43.7. The van der Waals surface area contributed by atoms with Crippen LogP contribution in [0.3, 0.4) is 0 Å². The molecule has 0 unspecified atom stereocenters. The highest BCUT2D eigenvalue weighted by atomic mass is 33.1. The molecule has 9 amide bonds. The number of amides is 9. The number of rotatable bonds is 17. The van der Waals surface area contributed by atoms with Gasteiger partial charge in [-0.25, -0.2) is 4.98 Å². The van der Waals surface area contributed by atoms with Gasteiger partial charge in [-0.3, -0.25) is 48.1 Å². The van der Waals surface area contributed by atoms with Gasteiger partial charge in [-0.1, -0.05) is 89.9 Å².